The van der Waals surface area contributed by atoms with E-state index in [4.69, 9.17) is 10.3 Å². The molecule has 4 atom stereocenters. The number of anilines is 1. The van der Waals surface area contributed by atoms with Crippen LogP contribution in [-0.2, 0) is 27.3 Å². The second-order valence-electron chi connectivity index (χ2n) is 20.2. The summed E-state index contributed by atoms with van der Waals surface area (Å²) >= 11 is 3.12. The van der Waals surface area contributed by atoms with Crippen molar-refractivity contribution in [1.29, 1.82) is 5.26 Å². The largest absolute Gasteiger partial charge is 0.389 e. The summed E-state index contributed by atoms with van der Waals surface area (Å²) in [4.78, 5) is 60.0. The predicted molar refractivity (Wildman–Crippen MR) is 289 cm³/mol. The Bertz CT molecular complexity index is 2510. The van der Waals surface area contributed by atoms with Gasteiger partial charge in [-0.2, -0.15) is 10.2 Å². The minimum atomic E-state index is -0.394. The molecular formula is C55H79N11O4S2. The minimum absolute atomic E-state index is 0.00642. The lowest BCUT2D eigenvalue weighted by molar-refractivity contribution is -0.142. The number of aryl methyl sites for hydroxylation is 3. The van der Waals surface area contributed by atoms with Gasteiger partial charge in [-0.1, -0.05) is 83.8 Å². The molecule has 1 fully saturated rings. The molecule has 0 saturated carbocycles. The maximum absolute atomic E-state index is 13.1. The van der Waals surface area contributed by atoms with Gasteiger partial charge in [-0.3, -0.25) is 9.59 Å². The summed E-state index contributed by atoms with van der Waals surface area (Å²) < 4.78 is 5.50. The summed E-state index contributed by atoms with van der Waals surface area (Å²) in [5.74, 6) is 2.32. The van der Waals surface area contributed by atoms with E-state index in [1.807, 2.05) is 52.3 Å². The van der Waals surface area contributed by atoms with Gasteiger partial charge in [0.2, 0.25) is 23.5 Å². The first-order chi connectivity index (χ1) is 34.6. The highest BCUT2D eigenvalue weighted by Crippen LogP contribution is 2.44. The maximum atomic E-state index is 13.1. The van der Waals surface area contributed by atoms with Crippen molar-refractivity contribution in [2.45, 2.75) is 163 Å². The number of unbranched alkanes of at least 4 members (excludes halogenated alkanes) is 3. The maximum Gasteiger partial charge on any atom is 0.243 e. The number of nitriles is 1. The van der Waals surface area contributed by atoms with Gasteiger partial charge in [0.05, 0.1) is 33.6 Å². The molecule has 1 aromatic carbocycles. The number of nitrogen functional groups attached to an aromatic ring is 1. The first-order valence-corrected chi connectivity index (χ1v) is 27.7. The van der Waals surface area contributed by atoms with Crippen LogP contribution in [0.5, 0.6) is 0 Å². The molecule has 390 valence electrons. The van der Waals surface area contributed by atoms with Crippen molar-refractivity contribution in [2.75, 3.05) is 39.0 Å². The highest BCUT2D eigenvalue weighted by atomic mass is 32.1. The van der Waals surface area contributed by atoms with E-state index >= 15 is 0 Å². The number of likely N-dealkylation sites (N-methyl/N-ethyl adjacent to an activating group) is 1. The number of carbonyl (C=O) groups is 3. The number of nitrogens with zero attached hydrogens (tertiary/aromatic N) is 8. The second kappa shape index (κ2) is 28.7. The fourth-order valence-corrected chi connectivity index (χ4v) is 11.4. The van der Waals surface area contributed by atoms with E-state index in [2.05, 4.69) is 79.6 Å². The van der Waals surface area contributed by atoms with Crippen molar-refractivity contribution in [3.05, 3.63) is 81.0 Å². The molecule has 0 bridgehead atoms. The third-order valence-corrected chi connectivity index (χ3v) is 15.6. The molecule has 5 heterocycles. The predicted octanol–water partition coefficient (Wildman–Crippen LogP) is 10.5. The van der Waals surface area contributed by atoms with Gasteiger partial charge in [-0.05, 0) is 139 Å². The fourth-order valence-electron chi connectivity index (χ4n) is 9.41. The lowest BCUT2D eigenvalue weighted by atomic mass is 9.85. The average Bonchev–Trinajstić information content (AvgIpc) is 4.20. The number of aldehydes is 1. The quantitative estimate of drug-likeness (QED) is 0.0462. The molecule has 1 saturated heterocycles. The number of nitrogens with one attached hydrogen (secondary N) is 2. The molecule has 2 aliphatic rings. The highest BCUT2D eigenvalue weighted by molar-refractivity contribution is 7.16. The van der Waals surface area contributed by atoms with Gasteiger partial charge in [0.15, 0.2) is 0 Å². The number of hydrogen-bond donors (Lipinski definition) is 3. The van der Waals surface area contributed by atoms with E-state index in [9.17, 15) is 19.6 Å². The molecule has 1 aliphatic heterocycles. The molecule has 5 aromatic rings. The van der Waals surface area contributed by atoms with Crippen LogP contribution in [-0.4, -0.2) is 98.3 Å². The molecule has 0 spiro atoms. The van der Waals surface area contributed by atoms with E-state index in [0.717, 1.165) is 78.0 Å². The van der Waals surface area contributed by atoms with Crippen molar-refractivity contribution < 1.29 is 18.9 Å². The van der Waals surface area contributed by atoms with Crippen LogP contribution < -0.4 is 16.4 Å². The summed E-state index contributed by atoms with van der Waals surface area (Å²) in [6, 6.07) is 11.5. The van der Waals surface area contributed by atoms with Crippen LogP contribution >= 0.6 is 22.7 Å². The number of thiazole rings is 1. The molecule has 2 amide bonds. The van der Waals surface area contributed by atoms with Gasteiger partial charge < -0.3 is 35.5 Å². The molecule has 4 aromatic heterocycles. The molecule has 17 heteroatoms. The first kappa shape index (κ1) is 57.5. The van der Waals surface area contributed by atoms with E-state index in [1.165, 1.54) is 74.4 Å². The first-order valence-electron chi connectivity index (χ1n) is 26.0. The van der Waals surface area contributed by atoms with Crippen LogP contribution in [0.3, 0.4) is 0 Å². The number of benzene rings is 1. The van der Waals surface area contributed by atoms with E-state index in [1.54, 1.807) is 35.5 Å². The van der Waals surface area contributed by atoms with E-state index in [0.29, 0.717) is 53.3 Å². The number of rotatable bonds is 21. The minimum Gasteiger partial charge on any atom is -0.389 e. The zero-order valence-corrected chi connectivity index (χ0v) is 45.9. The number of hydrogen-bond acceptors (Lipinski definition) is 15. The third-order valence-electron chi connectivity index (χ3n) is 13.5. The number of aromatic nitrogens is 5. The fraction of sp³-hybridized carbons (Fsp3) is 0.582. The molecule has 0 radical (unpaired) electrons. The van der Waals surface area contributed by atoms with Crippen molar-refractivity contribution >= 4 is 45.8 Å². The number of fused-ring (bicyclic) bond motifs is 1. The number of thiophene rings is 1. The van der Waals surface area contributed by atoms with Gasteiger partial charge in [0.25, 0.3) is 0 Å². The molecule has 4 N–H and O–H groups in total. The van der Waals surface area contributed by atoms with Crippen molar-refractivity contribution in [3.8, 4) is 28.0 Å². The van der Waals surface area contributed by atoms with Gasteiger partial charge in [-0.15, -0.1) is 22.7 Å². The summed E-state index contributed by atoms with van der Waals surface area (Å²) in [5, 5.41) is 20.2. The molecule has 1 aliphatic carbocycles. The summed E-state index contributed by atoms with van der Waals surface area (Å²) in [5.41, 5.74) is 13.0. The Hall–Kier alpha value is -5.41. The van der Waals surface area contributed by atoms with Gasteiger partial charge >= 0.3 is 0 Å². The Morgan fingerprint density at radius 1 is 1.03 bits per heavy atom. The Morgan fingerprint density at radius 2 is 1.79 bits per heavy atom. The van der Waals surface area contributed by atoms with Gasteiger partial charge in [0.1, 0.15) is 34.9 Å². The molecule has 72 heavy (non-hydrogen) atoms. The van der Waals surface area contributed by atoms with Crippen molar-refractivity contribution in [1.82, 2.24) is 45.5 Å². The summed E-state index contributed by atoms with van der Waals surface area (Å²) in [7, 11) is 1.80. The zero-order valence-electron chi connectivity index (χ0n) is 44.3. The van der Waals surface area contributed by atoms with Crippen LogP contribution in [0, 0.1) is 36.5 Å². The van der Waals surface area contributed by atoms with Gasteiger partial charge in [-0.25, -0.2) is 15.0 Å². The third kappa shape index (κ3) is 16.3. The van der Waals surface area contributed by atoms with E-state index < -0.39 is 6.04 Å². The van der Waals surface area contributed by atoms with Crippen LogP contribution in [0.15, 0.2) is 46.6 Å². The Morgan fingerprint density at radius 3 is 2.44 bits per heavy atom. The SMILES string of the molecule is CCCN(CCCCCC=O)CCCC(C)CC.CNC(C(=O)N1CCCC1C(=O)NCc1ccc(-c2scnc2C)cc1)C(C)(C)C.Cc1nccc(-c2noc(C3CCCc4sc(N)c(C#N)c43)n2)n1. The Kier molecular flexibility index (Phi) is 22.9. The zero-order chi connectivity index (χ0) is 52.2. The summed E-state index contributed by atoms with van der Waals surface area (Å²) in [6.07, 6.45) is 16.6. The Balaban J connectivity index is 0.000000208. The number of carbonyl (C=O) groups excluding carboxylic acids is 3. The normalized spacial score (nSPS) is 16.2. The molecular weight excluding hydrogens is 943 g/mol. The molecule has 15 nitrogen and oxygen atoms in total. The number of nitrogens with two attached hydrogens (primary N) is 1. The lowest BCUT2D eigenvalue weighted by Crippen LogP contribution is -2.55. The van der Waals surface area contributed by atoms with E-state index in [-0.39, 0.29) is 29.2 Å². The monoisotopic (exact) mass is 1020 g/mol. The van der Waals surface area contributed by atoms with Crippen molar-refractivity contribution in [3.63, 3.8) is 0 Å². The second-order valence-corrected chi connectivity index (χ2v) is 22.1. The standard InChI is InChI=1S/C23H32N4O2S.C16H14N6OS.C16H33NO/c1-15-19(30-14-26-15)17-10-8-16(9-11-17)13-25-21(28)18-7-6-12-27(18)22(29)20(24-5)23(2,3)4;1-8-19-6-5-11(20-8)15-21-16(23-22-15)9-3-2-4-12-13(9)10(7-17)14(18)24-12;1-4-12-17(13-8-6-7-9-15-18)14-10-11-16(3)5-2/h8-11,14,18,20,24H,6-7,12-13H2,1-5H3,(H,25,28);5-6,9H,2-4,18H2,1H3;15-16H,4-14H2,1-3H3. The number of likely N-dealkylation sites (tertiary alicyclic amines) is 1. The van der Waals surface area contributed by atoms with Crippen LogP contribution in [0.4, 0.5) is 5.00 Å². The Labute approximate surface area is 436 Å². The molecule has 7 rings (SSSR count). The van der Waals surface area contributed by atoms with Crippen LogP contribution in [0.2, 0.25) is 0 Å². The number of amides is 2. The average molecular weight is 1020 g/mol. The smallest absolute Gasteiger partial charge is 0.243 e. The highest BCUT2D eigenvalue weighted by Gasteiger charge is 2.40. The lowest BCUT2D eigenvalue weighted by Gasteiger charge is -2.34. The van der Waals surface area contributed by atoms with Gasteiger partial charge in [0, 0.05) is 30.6 Å². The topological polar surface area (TPSA) is 209 Å². The van der Waals surface area contributed by atoms with Crippen LogP contribution in [0.25, 0.3) is 22.0 Å². The van der Waals surface area contributed by atoms with Crippen LogP contribution in [0.1, 0.15) is 163 Å². The summed E-state index contributed by atoms with van der Waals surface area (Å²) in [6.45, 7) is 21.6. The molecule has 4 unspecified atom stereocenters. The van der Waals surface area contributed by atoms with Crippen molar-refractivity contribution in [2.24, 2.45) is 11.3 Å².